The number of ketones is 1. The molecule has 0 spiro atoms. The van der Waals surface area contributed by atoms with Gasteiger partial charge in [0.2, 0.25) is 0 Å². The van der Waals surface area contributed by atoms with Crippen molar-refractivity contribution in [1.82, 2.24) is 0 Å². The molecule has 2 rings (SSSR count). The summed E-state index contributed by atoms with van der Waals surface area (Å²) >= 11 is 6.41. The third-order valence-corrected chi connectivity index (χ3v) is 5.95. The van der Waals surface area contributed by atoms with Crippen molar-refractivity contribution in [3.8, 4) is 0 Å². The SMILES string of the molecule is CCC(C)C(O)C(C)(O)C=Cc1cc2c(o1)C(CO)C(OC(C)=O)C(C)(Cl)C2=O. The van der Waals surface area contributed by atoms with Gasteiger partial charge in [-0.25, -0.2) is 0 Å². The molecule has 162 valence electrons. The van der Waals surface area contributed by atoms with Gasteiger partial charge in [0.25, 0.3) is 0 Å². The van der Waals surface area contributed by atoms with Crippen LogP contribution < -0.4 is 0 Å². The predicted molar refractivity (Wildman–Crippen MR) is 108 cm³/mol. The Hall–Kier alpha value is -1.67. The maximum atomic E-state index is 12.9. The first-order valence-corrected chi connectivity index (χ1v) is 9.99. The Balaban J connectivity index is 2.41. The van der Waals surface area contributed by atoms with Crippen molar-refractivity contribution in [1.29, 1.82) is 0 Å². The van der Waals surface area contributed by atoms with Gasteiger partial charge in [0, 0.05) is 6.92 Å². The third-order valence-electron chi connectivity index (χ3n) is 5.56. The molecule has 3 N–H and O–H groups in total. The average Bonchev–Trinajstić information content (AvgIpc) is 3.07. The Morgan fingerprint density at radius 2 is 2.14 bits per heavy atom. The molecule has 0 bridgehead atoms. The Labute approximate surface area is 175 Å². The van der Waals surface area contributed by atoms with E-state index in [-0.39, 0.29) is 23.0 Å². The number of alkyl halides is 1. The summed E-state index contributed by atoms with van der Waals surface area (Å²) in [6.07, 6.45) is 1.47. The largest absolute Gasteiger partial charge is 0.460 e. The second-order valence-electron chi connectivity index (χ2n) is 8.04. The van der Waals surface area contributed by atoms with E-state index in [9.17, 15) is 24.9 Å². The van der Waals surface area contributed by atoms with Crippen LogP contribution in [0.15, 0.2) is 16.6 Å². The first-order valence-electron chi connectivity index (χ1n) is 9.62. The summed E-state index contributed by atoms with van der Waals surface area (Å²) in [5.74, 6) is -1.64. The fraction of sp³-hybridized carbons (Fsp3) is 0.619. The standard InChI is InChI=1S/C21H29ClO7/c1-6-11(2)17(25)20(4,27)8-7-13-9-14-16(29-13)15(10-23)19(28-12(3)24)21(5,22)18(14)26/h7-9,11,15,17,19,23,25,27H,6,10H2,1-5H3. The van der Waals surface area contributed by atoms with E-state index in [1.54, 1.807) is 0 Å². The maximum absolute atomic E-state index is 12.9. The number of furan rings is 1. The molecule has 6 unspecified atom stereocenters. The molecule has 1 heterocycles. The van der Waals surface area contributed by atoms with Gasteiger partial charge >= 0.3 is 5.97 Å². The van der Waals surface area contributed by atoms with E-state index in [1.807, 2.05) is 13.8 Å². The molecular weight excluding hydrogens is 400 g/mol. The Kier molecular flexibility index (Phi) is 7.00. The Morgan fingerprint density at radius 3 is 2.66 bits per heavy atom. The number of fused-ring (bicyclic) bond motifs is 1. The molecule has 0 radical (unpaired) electrons. The summed E-state index contributed by atoms with van der Waals surface area (Å²) in [7, 11) is 0. The molecule has 1 aromatic rings. The summed E-state index contributed by atoms with van der Waals surface area (Å²) in [6, 6.07) is 1.47. The van der Waals surface area contributed by atoms with Gasteiger partial charge in [0.05, 0.1) is 24.2 Å². The number of Topliss-reactive ketones (excluding diaryl/α,β-unsaturated/α-hetero) is 1. The second-order valence-corrected chi connectivity index (χ2v) is 8.83. The fourth-order valence-corrected chi connectivity index (χ4v) is 3.87. The molecular formula is C21H29ClO7. The Bertz CT molecular complexity index is 793. The molecule has 7 nitrogen and oxygen atoms in total. The third kappa shape index (κ3) is 4.58. The molecule has 1 aliphatic carbocycles. The van der Waals surface area contributed by atoms with Crippen molar-refractivity contribution in [2.24, 2.45) is 5.92 Å². The molecule has 29 heavy (non-hydrogen) atoms. The van der Waals surface area contributed by atoms with Gasteiger partial charge in [-0.3, -0.25) is 9.59 Å². The molecule has 1 aliphatic rings. The van der Waals surface area contributed by atoms with Crippen LogP contribution >= 0.6 is 11.6 Å². The summed E-state index contributed by atoms with van der Waals surface area (Å²) in [5.41, 5.74) is -1.32. The summed E-state index contributed by atoms with van der Waals surface area (Å²) in [4.78, 5) is 22.8. The number of aliphatic hydroxyl groups excluding tert-OH is 2. The number of esters is 1. The van der Waals surface area contributed by atoms with Crippen LogP contribution in [0.2, 0.25) is 0 Å². The van der Waals surface area contributed by atoms with Gasteiger partial charge < -0.3 is 24.5 Å². The second kappa shape index (κ2) is 8.60. The number of carbonyl (C=O) groups excluding carboxylic acids is 2. The molecule has 8 heteroatoms. The minimum absolute atomic E-state index is 0.124. The first kappa shape index (κ1) is 23.6. The van der Waals surface area contributed by atoms with E-state index in [2.05, 4.69) is 0 Å². The lowest BCUT2D eigenvalue weighted by molar-refractivity contribution is -0.149. The van der Waals surface area contributed by atoms with Gasteiger partial charge in [-0.2, -0.15) is 0 Å². The maximum Gasteiger partial charge on any atom is 0.303 e. The zero-order chi connectivity index (χ0) is 22.1. The Morgan fingerprint density at radius 1 is 1.52 bits per heavy atom. The van der Waals surface area contributed by atoms with Crippen LogP contribution in [0.25, 0.3) is 6.08 Å². The van der Waals surface area contributed by atoms with E-state index >= 15 is 0 Å². The van der Waals surface area contributed by atoms with Gasteiger partial charge in [-0.15, -0.1) is 11.6 Å². The lowest BCUT2D eigenvalue weighted by Crippen LogP contribution is -2.52. The van der Waals surface area contributed by atoms with Crippen LogP contribution in [0.5, 0.6) is 0 Å². The van der Waals surface area contributed by atoms with Crippen LogP contribution in [-0.2, 0) is 9.53 Å². The molecule has 0 aliphatic heterocycles. The highest BCUT2D eigenvalue weighted by Gasteiger charge is 2.53. The number of halogens is 1. The van der Waals surface area contributed by atoms with E-state index in [0.29, 0.717) is 6.42 Å². The van der Waals surface area contributed by atoms with E-state index in [4.69, 9.17) is 20.8 Å². The molecule has 0 fully saturated rings. The number of rotatable bonds is 7. The highest BCUT2D eigenvalue weighted by molar-refractivity contribution is 6.39. The topological polar surface area (TPSA) is 117 Å². The molecule has 0 aromatic carbocycles. The number of hydrogen-bond donors (Lipinski definition) is 3. The minimum Gasteiger partial charge on any atom is -0.460 e. The van der Waals surface area contributed by atoms with Gasteiger partial charge in [-0.1, -0.05) is 20.3 Å². The van der Waals surface area contributed by atoms with Crippen molar-refractivity contribution in [3.63, 3.8) is 0 Å². The van der Waals surface area contributed by atoms with Crippen molar-refractivity contribution in [2.45, 2.75) is 69.6 Å². The van der Waals surface area contributed by atoms with Crippen LogP contribution in [-0.4, -0.2) is 56.4 Å². The summed E-state index contributed by atoms with van der Waals surface area (Å²) in [5, 5.41) is 30.7. The minimum atomic E-state index is -1.56. The zero-order valence-electron chi connectivity index (χ0n) is 17.3. The van der Waals surface area contributed by atoms with Crippen molar-refractivity contribution in [2.75, 3.05) is 6.61 Å². The van der Waals surface area contributed by atoms with Gasteiger partial charge in [-0.05, 0) is 38.0 Å². The van der Waals surface area contributed by atoms with Crippen LogP contribution in [0.1, 0.15) is 68.8 Å². The monoisotopic (exact) mass is 428 g/mol. The summed E-state index contributed by atoms with van der Waals surface area (Å²) in [6.45, 7) is 7.42. The first-order chi connectivity index (χ1) is 13.4. The van der Waals surface area contributed by atoms with Crippen LogP contribution in [0.4, 0.5) is 0 Å². The normalized spacial score (nSPS) is 28.7. The van der Waals surface area contributed by atoms with Gasteiger partial charge in [0.1, 0.15) is 28.1 Å². The molecule has 0 saturated heterocycles. The van der Waals surface area contributed by atoms with E-state index in [1.165, 1.54) is 39.0 Å². The number of carbonyl (C=O) groups is 2. The highest BCUT2D eigenvalue weighted by Crippen LogP contribution is 2.44. The van der Waals surface area contributed by atoms with Crippen LogP contribution in [0, 0.1) is 5.92 Å². The smallest absolute Gasteiger partial charge is 0.303 e. The molecule has 1 aromatic heterocycles. The lowest BCUT2D eigenvalue weighted by atomic mass is 9.77. The zero-order valence-corrected chi connectivity index (χ0v) is 18.1. The summed E-state index contributed by atoms with van der Waals surface area (Å²) < 4.78 is 11.0. The molecule has 0 amide bonds. The van der Waals surface area contributed by atoms with E-state index < -0.39 is 47.0 Å². The highest BCUT2D eigenvalue weighted by atomic mass is 35.5. The number of ether oxygens (including phenoxy) is 1. The lowest BCUT2D eigenvalue weighted by Gasteiger charge is -2.38. The number of aliphatic hydroxyl groups is 3. The molecule has 6 atom stereocenters. The number of hydrogen-bond acceptors (Lipinski definition) is 7. The van der Waals surface area contributed by atoms with Crippen molar-refractivity contribution < 1.29 is 34.1 Å². The van der Waals surface area contributed by atoms with Crippen molar-refractivity contribution >= 4 is 29.4 Å². The molecule has 0 saturated carbocycles. The fourth-order valence-electron chi connectivity index (χ4n) is 3.57. The quantitative estimate of drug-likeness (QED) is 0.451. The van der Waals surface area contributed by atoms with E-state index in [0.717, 1.165) is 0 Å². The average molecular weight is 429 g/mol. The van der Waals surface area contributed by atoms with Crippen molar-refractivity contribution in [3.05, 3.63) is 29.2 Å². The van der Waals surface area contributed by atoms with Crippen LogP contribution in [0.3, 0.4) is 0 Å². The predicted octanol–water partition coefficient (Wildman–Crippen LogP) is 2.65. The van der Waals surface area contributed by atoms with Gasteiger partial charge in [0.15, 0.2) is 5.78 Å².